The molecule has 0 saturated carbocycles. The van der Waals surface area contributed by atoms with E-state index in [1.807, 2.05) is 4.90 Å². The van der Waals surface area contributed by atoms with Crippen LogP contribution >= 0.6 is 7.60 Å². The number of piperidine rings is 1. The van der Waals surface area contributed by atoms with E-state index < -0.39 is 19.4 Å². The van der Waals surface area contributed by atoms with Gasteiger partial charge in [-0.3, -0.25) is 9.36 Å². The zero-order valence-electron chi connectivity index (χ0n) is 9.40. The summed E-state index contributed by atoms with van der Waals surface area (Å²) in [4.78, 5) is 30.0. The monoisotopic (exact) mass is 267 g/mol. The predicted octanol–water partition coefficient (Wildman–Crippen LogP) is -0.331. The van der Waals surface area contributed by atoms with Gasteiger partial charge in [0.15, 0.2) is 5.85 Å². The highest BCUT2D eigenvalue weighted by molar-refractivity contribution is 7.52. The highest BCUT2D eigenvalue weighted by atomic mass is 31.2. The van der Waals surface area contributed by atoms with Gasteiger partial charge < -0.3 is 24.9 Å². The van der Waals surface area contributed by atoms with Crippen molar-refractivity contribution in [1.82, 2.24) is 4.90 Å². The number of aliphatic carboxylic acids is 1. The van der Waals surface area contributed by atoms with Crippen LogP contribution in [-0.4, -0.2) is 56.3 Å². The van der Waals surface area contributed by atoms with Crippen LogP contribution in [-0.2, 0) is 9.36 Å². The van der Waals surface area contributed by atoms with Crippen molar-refractivity contribution < 1.29 is 29.4 Å². The molecule has 8 heteroatoms. The lowest BCUT2D eigenvalue weighted by molar-refractivity contribution is -0.143. The molecule has 0 spiro atoms. The van der Waals surface area contributed by atoms with E-state index in [1.165, 1.54) is 0 Å². The first-order valence-corrected chi connectivity index (χ1v) is 7.17. The van der Waals surface area contributed by atoms with E-state index in [9.17, 15) is 14.5 Å². The maximum atomic E-state index is 10.7. The van der Waals surface area contributed by atoms with Gasteiger partial charge in [0, 0.05) is 6.54 Å². The molecule has 1 heterocycles. The van der Waals surface area contributed by atoms with E-state index in [-0.39, 0.29) is 12.3 Å². The number of hydrogen-bond acceptors (Lipinski definition) is 4. The van der Waals surface area contributed by atoms with E-state index in [1.54, 1.807) is 0 Å². The average molecular weight is 267 g/mol. The number of likely N-dealkylation sites (tertiary alicyclic amines) is 1. The summed E-state index contributed by atoms with van der Waals surface area (Å²) in [5.74, 6) is -2.74. The number of aliphatic hydroxyl groups excluding tert-OH is 1. The zero-order valence-corrected chi connectivity index (χ0v) is 10.3. The van der Waals surface area contributed by atoms with Gasteiger partial charge in [-0.1, -0.05) is 0 Å². The molecule has 17 heavy (non-hydrogen) atoms. The van der Waals surface area contributed by atoms with Gasteiger partial charge in [-0.05, 0) is 32.4 Å². The standard InChI is InChI=1S/C9H18NO6P/c11-8(17(14,15)16)3-6-10-4-1-7(2-5-10)9(12)13/h7-8,11H,1-6H2,(H,12,13)(H2,14,15,16). The lowest BCUT2D eigenvalue weighted by Gasteiger charge is -2.30. The topological polar surface area (TPSA) is 118 Å². The number of hydrogen-bond donors (Lipinski definition) is 4. The summed E-state index contributed by atoms with van der Waals surface area (Å²) in [6.45, 7) is 1.55. The fourth-order valence-corrected chi connectivity index (χ4v) is 2.32. The Hall–Kier alpha value is -0.460. The van der Waals surface area contributed by atoms with E-state index in [0.29, 0.717) is 32.5 Å². The second-order valence-electron chi connectivity index (χ2n) is 4.31. The summed E-state index contributed by atoms with van der Waals surface area (Å²) >= 11 is 0. The molecule has 0 aromatic rings. The molecule has 0 aromatic heterocycles. The van der Waals surface area contributed by atoms with E-state index in [0.717, 1.165) is 0 Å². The molecule has 1 atom stereocenters. The molecule has 0 bridgehead atoms. The van der Waals surface area contributed by atoms with Crippen molar-refractivity contribution >= 4 is 13.6 Å². The van der Waals surface area contributed by atoms with Crippen LogP contribution in [0.25, 0.3) is 0 Å². The van der Waals surface area contributed by atoms with E-state index >= 15 is 0 Å². The summed E-state index contributed by atoms with van der Waals surface area (Å²) < 4.78 is 10.7. The number of rotatable bonds is 5. The second-order valence-corrected chi connectivity index (χ2v) is 6.09. The molecule has 7 nitrogen and oxygen atoms in total. The van der Waals surface area contributed by atoms with Crippen LogP contribution in [0, 0.1) is 5.92 Å². The van der Waals surface area contributed by atoms with Crippen molar-refractivity contribution in [2.45, 2.75) is 25.1 Å². The SMILES string of the molecule is O=C(O)C1CCN(CCC(O)P(=O)(O)O)CC1. The molecule has 0 amide bonds. The van der Waals surface area contributed by atoms with E-state index in [4.69, 9.17) is 14.9 Å². The molecule has 0 aromatic carbocycles. The van der Waals surface area contributed by atoms with Crippen LogP contribution in [0.4, 0.5) is 0 Å². The van der Waals surface area contributed by atoms with Gasteiger partial charge in [-0.25, -0.2) is 0 Å². The second kappa shape index (κ2) is 5.93. The van der Waals surface area contributed by atoms with Crippen molar-refractivity contribution in [2.24, 2.45) is 5.92 Å². The minimum atomic E-state index is -4.42. The summed E-state index contributed by atoms with van der Waals surface area (Å²) in [6, 6.07) is 0. The van der Waals surface area contributed by atoms with Crippen LogP contribution in [0.1, 0.15) is 19.3 Å². The van der Waals surface area contributed by atoms with Gasteiger partial charge in [-0.15, -0.1) is 0 Å². The molecule has 1 fully saturated rings. The molecule has 1 rings (SSSR count). The summed E-state index contributed by atoms with van der Waals surface area (Å²) in [6.07, 6.45) is 1.09. The Morgan fingerprint density at radius 3 is 2.29 bits per heavy atom. The molecule has 1 aliphatic rings. The normalized spacial score (nSPS) is 21.4. The summed E-state index contributed by atoms with van der Waals surface area (Å²) in [5.41, 5.74) is 0. The fraction of sp³-hybridized carbons (Fsp3) is 0.889. The van der Waals surface area contributed by atoms with Crippen molar-refractivity contribution in [2.75, 3.05) is 19.6 Å². The van der Waals surface area contributed by atoms with Gasteiger partial charge in [-0.2, -0.15) is 0 Å². The third-order valence-corrected chi connectivity index (χ3v) is 4.06. The van der Waals surface area contributed by atoms with Crippen molar-refractivity contribution in [3.63, 3.8) is 0 Å². The minimum absolute atomic E-state index is 0.00200. The molecular formula is C9H18NO6P. The first-order valence-electron chi connectivity index (χ1n) is 5.49. The Morgan fingerprint density at radius 1 is 1.35 bits per heavy atom. The number of aliphatic hydroxyl groups is 1. The highest BCUT2D eigenvalue weighted by Crippen LogP contribution is 2.41. The summed E-state index contributed by atoms with van der Waals surface area (Å²) in [5, 5.41) is 18.0. The lowest BCUT2D eigenvalue weighted by Crippen LogP contribution is -2.37. The van der Waals surface area contributed by atoms with Crippen LogP contribution in [0.3, 0.4) is 0 Å². The largest absolute Gasteiger partial charge is 0.481 e. The maximum Gasteiger partial charge on any atom is 0.353 e. The Morgan fingerprint density at radius 2 is 1.88 bits per heavy atom. The average Bonchev–Trinajstić information content (AvgIpc) is 2.25. The van der Waals surface area contributed by atoms with Crippen molar-refractivity contribution in [3.8, 4) is 0 Å². The van der Waals surface area contributed by atoms with Crippen molar-refractivity contribution in [3.05, 3.63) is 0 Å². The van der Waals surface area contributed by atoms with Crippen LogP contribution in [0.15, 0.2) is 0 Å². The molecule has 0 aliphatic carbocycles. The van der Waals surface area contributed by atoms with E-state index in [2.05, 4.69) is 0 Å². The lowest BCUT2D eigenvalue weighted by atomic mass is 9.97. The van der Waals surface area contributed by atoms with Gasteiger partial charge in [0.05, 0.1) is 5.92 Å². The Balaban J connectivity index is 2.27. The van der Waals surface area contributed by atoms with Crippen LogP contribution in [0.2, 0.25) is 0 Å². The molecule has 1 aliphatic heterocycles. The third kappa shape index (κ3) is 4.73. The highest BCUT2D eigenvalue weighted by Gasteiger charge is 2.28. The smallest absolute Gasteiger partial charge is 0.353 e. The Bertz CT molecular complexity index is 309. The quantitative estimate of drug-likeness (QED) is 0.503. The van der Waals surface area contributed by atoms with Crippen LogP contribution < -0.4 is 0 Å². The zero-order chi connectivity index (χ0) is 13.1. The molecular weight excluding hydrogens is 249 g/mol. The van der Waals surface area contributed by atoms with Gasteiger partial charge in [0.1, 0.15) is 0 Å². The fourth-order valence-electron chi connectivity index (χ4n) is 1.87. The molecule has 1 saturated heterocycles. The first kappa shape index (κ1) is 14.6. The predicted molar refractivity (Wildman–Crippen MR) is 59.5 cm³/mol. The maximum absolute atomic E-state index is 10.7. The number of nitrogens with zero attached hydrogens (tertiary/aromatic N) is 1. The van der Waals surface area contributed by atoms with Crippen LogP contribution in [0.5, 0.6) is 0 Å². The molecule has 100 valence electrons. The summed E-state index contributed by atoms with van der Waals surface area (Å²) in [7, 11) is -4.42. The number of carboxylic acids is 1. The Kier molecular flexibility index (Phi) is 5.09. The molecule has 4 N–H and O–H groups in total. The van der Waals surface area contributed by atoms with Crippen molar-refractivity contribution in [1.29, 1.82) is 0 Å². The minimum Gasteiger partial charge on any atom is -0.481 e. The third-order valence-electron chi connectivity index (χ3n) is 3.03. The van der Waals surface area contributed by atoms with Gasteiger partial charge >= 0.3 is 13.6 Å². The molecule has 0 radical (unpaired) electrons. The first-order chi connectivity index (χ1) is 7.80. The number of carboxylic acid groups (broad SMARTS) is 1. The van der Waals surface area contributed by atoms with Gasteiger partial charge in [0.2, 0.25) is 0 Å². The Labute approximate surface area is 99.2 Å². The van der Waals surface area contributed by atoms with Gasteiger partial charge in [0.25, 0.3) is 0 Å². The number of carbonyl (C=O) groups is 1. The molecule has 1 unspecified atom stereocenters.